The van der Waals surface area contributed by atoms with Gasteiger partial charge in [-0.1, -0.05) is 20.8 Å². The van der Waals surface area contributed by atoms with Gasteiger partial charge in [0.2, 0.25) is 0 Å². The third kappa shape index (κ3) is 3.78. The zero-order valence-corrected chi connectivity index (χ0v) is 14.7. The van der Waals surface area contributed by atoms with Crippen LogP contribution in [0.4, 0.5) is 5.13 Å². The van der Waals surface area contributed by atoms with Crippen LogP contribution in [0.2, 0.25) is 0 Å². The average molecular weight is 308 g/mol. The number of rotatable bonds is 8. The lowest BCUT2D eigenvalue weighted by molar-refractivity contribution is 0.659. The molecule has 2 fully saturated rings. The second-order valence-electron chi connectivity index (χ2n) is 7.12. The van der Waals surface area contributed by atoms with Crippen molar-refractivity contribution in [3.63, 3.8) is 0 Å². The standard InChI is InChI=1S/C17H29N3S/c1-5-11(2)16-15(9-18-14-6-7-14)21-17(19-16)20(4)10-13-8-12(13)3/h11-14,18H,5-10H2,1-4H3. The van der Waals surface area contributed by atoms with Gasteiger partial charge in [0.1, 0.15) is 0 Å². The molecular weight excluding hydrogens is 278 g/mol. The predicted octanol–water partition coefficient (Wildman–Crippen LogP) is 4.00. The van der Waals surface area contributed by atoms with Crippen LogP contribution >= 0.6 is 11.3 Å². The highest BCUT2D eigenvalue weighted by atomic mass is 32.1. The van der Waals surface area contributed by atoms with Crippen molar-refractivity contribution in [3.05, 3.63) is 10.6 Å². The quantitative estimate of drug-likeness (QED) is 0.787. The highest BCUT2D eigenvalue weighted by molar-refractivity contribution is 7.15. The van der Waals surface area contributed by atoms with Gasteiger partial charge in [-0.25, -0.2) is 4.98 Å². The summed E-state index contributed by atoms with van der Waals surface area (Å²) >= 11 is 1.90. The monoisotopic (exact) mass is 307 g/mol. The largest absolute Gasteiger partial charge is 0.351 e. The van der Waals surface area contributed by atoms with Gasteiger partial charge >= 0.3 is 0 Å². The Kier molecular flexibility index (Phi) is 4.55. The van der Waals surface area contributed by atoms with E-state index in [1.807, 2.05) is 11.3 Å². The van der Waals surface area contributed by atoms with Gasteiger partial charge in [0.25, 0.3) is 0 Å². The maximum Gasteiger partial charge on any atom is 0.185 e. The molecule has 3 unspecified atom stereocenters. The van der Waals surface area contributed by atoms with Crippen molar-refractivity contribution in [2.45, 2.75) is 65.0 Å². The van der Waals surface area contributed by atoms with E-state index in [0.29, 0.717) is 5.92 Å². The number of anilines is 1. The lowest BCUT2D eigenvalue weighted by Gasteiger charge is -2.15. The van der Waals surface area contributed by atoms with Gasteiger partial charge in [0.05, 0.1) is 5.69 Å². The van der Waals surface area contributed by atoms with E-state index in [0.717, 1.165) is 24.4 Å². The molecule has 118 valence electrons. The summed E-state index contributed by atoms with van der Waals surface area (Å²) in [5.74, 6) is 2.37. The van der Waals surface area contributed by atoms with E-state index >= 15 is 0 Å². The third-order valence-electron chi connectivity index (χ3n) is 5.04. The maximum absolute atomic E-state index is 4.99. The van der Waals surface area contributed by atoms with E-state index in [1.54, 1.807) is 0 Å². The van der Waals surface area contributed by atoms with Crippen molar-refractivity contribution in [2.24, 2.45) is 11.8 Å². The summed E-state index contributed by atoms with van der Waals surface area (Å²) in [6.07, 6.45) is 5.26. The van der Waals surface area contributed by atoms with Crippen molar-refractivity contribution < 1.29 is 0 Å². The number of aromatic nitrogens is 1. The number of thiazole rings is 1. The molecule has 3 atom stereocenters. The highest BCUT2D eigenvalue weighted by Gasteiger charge is 2.34. The van der Waals surface area contributed by atoms with Crippen LogP contribution in [0.1, 0.15) is 62.9 Å². The normalized spacial score (nSPS) is 25.9. The SMILES string of the molecule is CCC(C)c1nc(N(C)CC2CC2C)sc1CNC1CC1. The lowest BCUT2D eigenvalue weighted by atomic mass is 10.0. The van der Waals surface area contributed by atoms with Crippen LogP contribution in [0, 0.1) is 11.8 Å². The fraction of sp³-hybridized carbons (Fsp3) is 0.824. The molecule has 0 amide bonds. The molecule has 1 N–H and O–H groups in total. The molecule has 3 nitrogen and oxygen atoms in total. The Morgan fingerprint density at radius 2 is 2.14 bits per heavy atom. The molecule has 1 aromatic heterocycles. The van der Waals surface area contributed by atoms with Crippen LogP contribution < -0.4 is 10.2 Å². The maximum atomic E-state index is 4.99. The molecule has 3 rings (SSSR count). The first-order valence-electron chi connectivity index (χ1n) is 8.52. The Bertz CT molecular complexity index is 480. The highest BCUT2D eigenvalue weighted by Crippen LogP contribution is 2.40. The summed E-state index contributed by atoms with van der Waals surface area (Å²) in [5.41, 5.74) is 1.33. The van der Waals surface area contributed by atoms with E-state index in [2.05, 4.69) is 38.0 Å². The molecule has 2 saturated carbocycles. The number of nitrogens with one attached hydrogen (secondary N) is 1. The van der Waals surface area contributed by atoms with E-state index in [1.165, 1.54) is 47.9 Å². The topological polar surface area (TPSA) is 28.2 Å². The van der Waals surface area contributed by atoms with Gasteiger partial charge in [-0.2, -0.15) is 0 Å². The summed E-state index contributed by atoms with van der Waals surface area (Å²) in [6.45, 7) is 9.11. The minimum Gasteiger partial charge on any atom is -0.351 e. The smallest absolute Gasteiger partial charge is 0.185 e. The average Bonchev–Trinajstić information content (AvgIpc) is 3.37. The molecule has 2 aliphatic rings. The minimum atomic E-state index is 0.569. The number of nitrogens with zero attached hydrogens (tertiary/aromatic N) is 2. The summed E-state index contributed by atoms with van der Waals surface area (Å²) in [6, 6.07) is 0.769. The van der Waals surface area contributed by atoms with Crippen LogP contribution in [0.3, 0.4) is 0 Å². The summed E-state index contributed by atoms with van der Waals surface area (Å²) in [4.78, 5) is 8.83. The first-order chi connectivity index (χ1) is 10.1. The molecule has 21 heavy (non-hydrogen) atoms. The Hall–Kier alpha value is -0.610. The van der Waals surface area contributed by atoms with Gasteiger partial charge in [-0.05, 0) is 43.4 Å². The summed E-state index contributed by atoms with van der Waals surface area (Å²) in [5, 5.41) is 4.88. The van der Waals surface area contributed by atoms with E-state index in [-0.39, 0.29) is 0 Å². The van der Waals surface area contributed by atoms with Crippen molar-refractivity contribution in [1.82, 2.24) is 10.3 Å². The molecule has 0 spiro atoms. The van der Waals surface area contributed by atoms with Crippen LogP contribution in [0.15, 0.2) is 0 Å². The second-order valence-corrected chi connectivity index (χ2v) is 8.18. The predicted molar refractivity (Wildman–Crippen MR) is 91.2 cm³/mol. The van der Waals surface area contributed by atoms with E-state index in [9.17, 15) is 0 Å². The molecule has 0 saturated heterocycles. The third-order valence-corrected chi connectivity index (χ3v) is 6.22. The fourth-order valence-corrected chi connectivity index (χ4v) is 3.93. The van der Waals surface area contributed by atoms with E-state index in [4.69, 9.17) is 4.98 Å². The van der Waals surface area contributed by atoms with Crippen molar-refractivity contribution in [2.75, 3.05) is 18.5 Å². The summed E-state index contributed by atoms with van der Waals surface area (Å²) in [7, 11) is 2.21. The molecular formula is C17H29N3S. The summed E-state index contributed by atoms with van der Waals surface area (Å²) < 4.78 is 0. The molecule has 0 aromatic carbocycles. The van der Waals surface area contributed by atoms with Gasteiger partial charge in [0.15, 0.2) is 5.13 Å². The van der Waals surface area contributed by atoms with Crippen LogP contribution in [0.25, 0.3) is 0 Å². The Morgan fingerprint density at radius 3 is 2.71 bits per heavy atom. The van der Waals surface area contributed by atoms with E-state index < -0.39 is 0 Å². The van der Waals surface area contributed by atoms with Crippen molar-refractivity contribution >= 4 is 16.5 Å². The molecule has 1 heterocycles. The van der Waals surface area contributed by atoms with Crippen LogP contribution in [-0.2, 0) is 6.54 Å². The minimum absolute atomic E-state index is 0.569. The first kappa shape index (κ1) is 15.3. The van der Waals surface area contributed by atoms with Gasteiger partial charge < -0.3 is 10.2 Å². The lowest BCUT2D eigenvalue weighted by Crippen LogP contribution is -2.20. The Balaban J connectivity index is 1.69. The second kappa shape index (κ2) is 6.25. The Morgan fingerprint density at radius 1 is 1.43 bits per heavy atom. The zero-order chi connectivity index (χ0) is 15.0. The van der Waals surface area contributed by atoms with Crippen molar-refractivity contribution in [3.8, 4) is 0 Å². The zero-order valence-electron chi connectivity index (χ0n) is 13.9. The Labute approximate surface area is 133 Å². The fourth-order valence-electron chi connectivity index (χ4n) is 2.83. The van der Waals surface area contributed by atoms with Gasteiger partial charge in [-0.3, -0.25) is 0 Å². The number of hydrogen-bond donors (Lipinski definition) is 1. The molecule has 0 radical (unpaired) electrons. The van der Waals surface area contributed by atoms with Gasteiger partial charge in [-0.15, -0.1) is 11.3 Å². The van der Waals surface area contributed by atoms with Gasteiger partial charge in [0, 0.05) is 31.1 Å². The number of hydrogen-bond acceptors (Lipinski definition) is 4. The molecule has 0 aliphatic heterocycles. The molecule has 1 aromatic rings. The first-order valence-corrected chi connectivity index (χ1v) is 9.34. The molecule has 0 bridgehead atoms. The molecule has 4 heteroatoms. The molecule has 2 aliphatic carbocycles. The van der Waals surface area contributed by atoms with Crippen LogP contribution in [-0.4, -0.2) is 24.6 Å². The van der Waals surface area contributed by atoms with Crippen LogP contribution in [0.5, 0.6) is 0 Å². The van der Waals surface area contributed by atoms with Crippen molar-refractivity contribution in [1.29, 1.82) is 0 Å².